The summed E-state index contributed by atoms with van der Waals surface area (Å²) in [5.41, 5.74) is 0. The summed E-state index contributed by atoms with van der Waals surface area (Å²) in [6, 6.07) is 0.717. The number of unbranched alkanes of at least 4 members (excludes halogenated alkanes) is 1. The standard InChI is InChI=1S/C14H30N2O/c1-3-5-11-17-12-7-10-16-9-6-8-14(13-16)15-4-2/h14-15H,3-13H2,1-2H3. The van der Waals surface area contributed by atoms with Crippen molar-refractivity contribution in [2.45, 2.75) is 52.0 Å². The highest BCUT2D eigenvalue weighted by Crippen LogP contribution is 2.10. The normalized spacial score (nSPS) is 21.9. The Kier molecular flexibility index (Phi) is 8.67. The molecule has 1 aliphatic rings. The quantitative estimate of drug-likeness (QED) is 0.628. The fraction of sp³-hybridized carbons (Fsp3) is 1.00. The summed E-state index contributed by atoms with van der Waals surface area (Å²) in [7, 11) is 0. The van der Waals surface area contributed by atoms with Crippen molar-refractivity contribution in [2.75, 3.05) is 39.4 Å². The van der Waals surface area contributed by atoms with Crippen LogP contribution in [0.2, 0.25) is 0 Å². The molecule has 102 valence electrons. The molecular weight excluding hydrogens is 212 g/mol. The fourth-order valence-electron chi connectivity index (χ4n) is 2.45. The average Bonchev–Trinajstić information content (AvgIpc) is 2.35. The Bertz CT molecular complexity index is 174. The Morgan fingerprint density at radius 3 is 2.82 bits per heavy atom. The van der Waals surface area contributed by atoms with E-state index in [0.29, 0.717) is 0 Å². The second-order valence-electron chi connectivity index (χ2n) is 5.02. The second-order valence-corrected chi connectivity index (χ2v) is 5.02. The molecule has 0 radical (unpaired) electrons. The molecule has 0 aliphatic carbocycles. The van der Waals surface area contributed by atoms with E-state index in [4.69, 9.17) is 4.74 Å². The molecule has 0 bridgehead atoms. The van der Waals surface area contributed by atoms with E-state index in [-0.39, 0.29) is 0 Å². The zero-order valence-corrected chi connectivity index (χ0v) is 11.7. The van der Waals surface area contributed by atoms with Gasteiger partial charge in [0.1, 0.15) is 0 Å². The first kappa shape index (κ1) is 14.9. The molecule has 3 nitrogen and oxygen atoms in total. The number of rotatable bonds is 9. The third-order valence-electron chi connectivity index (χ3n) is 3.40. The lowest BCUT2D eigenvalue weighted by atomic mass is 10.1. The highest BCUT2D eigenvalue weighted by Gasteiger charge is 2.17. The van der Waals surface area contributed by atoms with Gasteiger partial charge in [-0.25, -0.2) is 0 Å². The van der Waals surface area contributed by atoms with Crippen molar-refractivity contribution in [3.05, 3.63) is 0 Å². The maximum absolute atomic E-state index is 5.60. The van der Waals surface area contributed by atoms with Crippen LogP contribution in [0.15, 0.2) is 0 Å². The third-order valence-corrected chi connectivity index (χ3v) is 3.40. The Morgan fingerprint density at radius 1 is 1.24 bits per heavy atom. The highest BCUT2D eigenvalue weighted by molar-refractivity contribution is 4.77. The highest BCUT2D eigenvalue weighted by atomic mass is 16.5. The summed E-state index contributed by atoms with van der Waals surface area (Å²) in [6.07, 6.45) is 6.30. The summed E-state index contributed by atoms with van der Waals surface area (Å²) in [5, 5.41) is 3.56. The Hall–Kier alpha value is -0.120. The zero-order chi connectivity index (χ0) is 12.3. The van der Waals surface area contributed by atoms with Gasteiger partial charge in [-0.1, -0.05) is 20.3 Å². The summed E-state index contributed by atoms with van der Waals surface area (Å²) >= 11 is 0. The van der Waals surface area contributed by atoms with E-state index in [1.165, 1.54) is 51.7 Å². The molecule has 3 heteroatoms. The number of nitrogens with zero attached hydrogens (tertiary/aromatic N) is 1. The number of piperidine rings is 1. The first-order valence-electron chi connectivity index (χ1n) is 7.40. The predicted octanol–water partition coefficient (Wildman–Crippen LogP) is 2.27. The summed E-state index contributed by atoms with van der Waals surface area (Å²) < 4.78 is 5.60. The van der Waals surface area contributed by atoms with Crippen LogP contribution < -0.4 is 5.32 Å². The molecule has 1 saturated heterocycles. The maximum Gasteiger partial charge on any atom is 0.0478 e. The topological polar surface area (TPSA) is 24.5 Å². The third kappa shape index (κ3) is 7.02. The molecule has 1 fully saturated rings. The molecule has 1 N–H and O–H groups in total. The van der Waals surface area contributed by atoms with Crippen molar-refractivity contribution in [1.82, 2.24) is 10.2 Å². The number of likely N-dealkylation sites (N-methyl/N-ethyl adjacent to an activating group) is 1. The van der Waals surface area contributed by atoms with Crippen LogP contribution >= 0.6 is 0 Å². The van der Waals surface area contributed by atoms with Crippen LogP contribution in [-0.2, 0) is 4.74 Å². The van der Waals surface area contributed by atoms with Crippen LogP contribution in [0.1, 0.15) is 46.0 Å². The van der Waals surface area contributed by atoms with Gasteiger partial charge in [0, 0.05) is 32.3 Å². The number of hydrogen-bond acceptors (Lipinski definition) is 3. The van der Waals surface area contributed by atoms with Crippen LogP contribution in [0.25, 0.3) is 0 Å². The molecule has 0 aromatic rings. The summed E-state index contributed by atoms with van der Waals surface area (Å²) in [4.78, 5) is 2.58. The van der Waals surface area contributed by atoms with E-state index < -0.39 is 0 Å². The van der Waals surface area contributed by atoms with Crippen molar-refractivity contribution in [1.29, 1.82) is 0 Å². The van der Waals surface area contributed by atoms with E-state index in [2.05, 4.69) is 24.1 Å². The van der Waals surface area contributed by atoms with E-state index in [1.807, 2.05) is 0 Å². The van der Waals surface area contributed by atoms with Gasteiger partial charge in [-0.3, -0.25) is 0 Å². The number of hydrogen-bond donors (Lipinski definition) is 1. The van der Waals surface area contributed by atoms with E-state index >= 15 is 0 Å². The molecule has 1 heterocycles. The average molecular weight is 242 g/mol. The van der Waals surface area contributed by atoms with Gasteiger partial charge in [0.2, 0.25) is 0 Å². The largest absolute Gasteiger partial charge is 0.381 e. The predicted molar refractivity (Wildman–Crippen MR) is 73.5 cm³/mol. The van der Waals surface area contributed by atoms with Gasteiger partial charge in [-0.2, -0.15) is 0 Å². The number of likely N-dealkylation sites (tertiary alicyclic amines) is 1. The maximum atomic E-state index is 5.60. The monoisotopic (exact) mass is 242 g/mol. The minimum Gasteiger partial charge on any atom is -0.381 e. The first-order valence-corrected chi connectivity index (χ1v) is 7.40. The van der Waals surface area contributed by atoms with Gasteiger partial charge < -0.3 is 15.0 Å². The molecule has 1 atom stereocenters. The Labute approximate surface area is 107 Å². The van der Waals surface area contributed by atoms with Gasteiger partial charge >= 0.3 is 0 Å². The zero-order valence-electron chi connectivity index (χ0n) is 11.7. The fourth-order valence-corrected chi connectivity index (χ4v) is 2.45. The lowest BCUT2D eigenvalue weighted by molar-refractivity contribution is 0.110. The summed E-state index contributed by atoms with van der Waals surface area (Å²) in [6.45, 7) is 11.1. The van der Waals surface area contributed by atoms with Gasteiger partial charge in [0.15, 0.2) is 0 Å². The molecule has 0 aromatic carbocycles. The second kappa shape index (κ2) is 9.86. The molecule has 1 unspecified atom stereocenters. The van der Waals surface area contributed by atoms with E-state index in [0.717, 1.165) is 25.8 Å². The smallest absolute Gasteiger partial charge is 0.0478 e. The Balaban J connectivity index is 1.98. The molecule has 0 aromatic heterocycles. The van der Waals surface area contributed by atoms with Crippen molar-refractivity contribution < 1.29 is 4.74 Å². The van der Waals surface area contributed by atoms with Gasteiger partial charge in [0.05, 0.1) is 0 Å². The molecule has 1 rings (SSSR count). The molecule has 0 spiro atoms. The number of nitrogens with one attached hydrogen (secondary N) is 1. The minimum atomic E-state index is 0.717. The summed E-state index contributed by atoms with van der Waals surface area (Å²) in [5.74, 6) is 0. The minimum absolute atomic E-state index is 0.717. The first-order chi connectivity index (χ1) is 8.36. The molecule has 1 aliphatic heterocycles. The molecule has 17 heavy (non-hydrogen) atoms. The molecule has 0 amide bonds. The van der Waals surface area contributed by atoms with E-state index in [1.54, 1.807) is 0 Å². The van der Waals surface area contributed by atoms with Crippen LogP contribution in [0.5, 0.6) is 0 Å². The van der Waals surface area contributed by atoms with Crippen molar-refractivity contribution in [2.24, 2.45) is 0 Å². The van der Waals surface area contributed by atoms with Gasteiger partial charge in [0.25, 0.3) is 0 Å². The lowest BCUT2D eigenvalue weighted by Crippen LogP contribution is -2.45. The number of ether oxygens (including phenoxy) is 1. The van der Waals surface area contributed by atoms with E-state index in [9.17, 15) is 0 Å². The van der Waals surface area contributed by atoms with Gasteiger partial charge in [-0.15, -0.1) is 0 Å². The Morgan fingerprint density at radius 2 is 2.06 bits per heavy atom. The molecule has 0 saturated carbocycles. The van der Waals surface area contributed by atoms with Crippen LogP contribution in [-0.4, -0.2) is 50.3 Å². The van der Waals surface area contributed by atoms with Crippen LogP contribution in [0.4, 0.5) is 0 Å². The van der Waals surface area contributed by atoms with Crippen molar-refractivity contribution in [3.8, 4) is 0 Å². The SMILES string of the molecule is CCCCOCCCN1CCCC(NCC)C1. The van der Waals surface area contributed by atoms with Crippen molar-refractivity contribution >= 4 is 0 Å². The van der Waals surface area contributed by atoms with Crippen molar-refractivity contribution in [3.63, 3.8) is 0 Å². The molecular formula is C14H30N2O. The van der Waals surface area contributed by atoms with Crippen LogP contribution in [0.3, 0.4) is 0 Å². The lowest BCUT2D eigenvalue weighted by Gasteiger charge is -2.33. The van der Waals surface area contributed by atoms with Crippen LogP contribution in [0, 0.1) is 0 Å². The van der Waals surface area contributed by atoms with Gasteiger partial charge in [-0.05, 0) is 38.8 Å².